The molecule has 0 fully saturated rings. The molecule has 0 bridgehead atoms. The van der Waals surface area contributed by atoms with Gasteiger partial charge in [-0.15, -0.1) is 0 Å². The molecule has 0 saturated heterocycles. The van der Waals surface area contributed by atoms with E-state index in [9.17, 15) is 0 Å². The van der Waals surface area contributed by atoms with Crippen LogP contribution in [0.4, 0.5) is 0 Å². The Morgan fingerprint density at radius 3 is 2.78 bits per heavy atom. The van der Waals surface area contributed by atoms with Crippen molar-refractivity contribution in [3.05, 3.63) is 17.7 Å². The van der Waals surface area contributed by atoms with Crippen molar-refractivity contribution in [2.24, 2.45) is 0 Å². The summed E-state index contributed by atoms with van der Waals surface area (Å²) in [6.07, 6.45) is 1.67. The minimum absolute atomic E-state index is 0.0579. The summed E-state index contributed by atoms with van der Waals surface area (Å²) in [5.41, 5.74) is 1.75. The van der Waals surface area contributed by atoms with Gasteiger partial charge in [0.05, 0.1) is 0 Å². The molecule has 3 nitrogen and oxygen atoms in total. The Balaban J connectivity index is 3.07. The molecule has 0 amide bonds. The predicted molar refractivity (Wildman–Crippen MR) is 28.3 cm³/mol. The van der Waals surface area contributed by atoms with Crippen LogP contribution >= 0.6 is 0 Å². The molecule has 1 aromatic heterocycles. The van der Waals surface area contributed by atoms with Gasteiger partial charge in [-0.25, -0.2) is 0 Å². The summed E-state index contributed by atoms with van der Waals surface area (Å²) in [5.74, 6) is 0. The molecule has 0 spiro atoms. The molecule has 1 rings (SSSR count). The normalized spacial score (nSPS) is 10.2. The van der Waals surface area contributed by atoms with Crippen LogP contribution in [0.5, 0.6) is 0 Å². The average Bonchev–Trinajstić information content (AvgIpc) is 2.12. The van der Waals surface area contributed by atoms with Crippen LogP contribution < -0.4 is 0 Å². The van der Waals surface area contributed by atoms with Gasteiger partial charge in [0.2, 0.25) is 0 Å². The van der Waals surface area contributed by atoms with E-state index < -0.39 is 0 Å². The first-order chi connectivity index (χ1) is 4.25. The molecule has 9 heavy (non-hydrogen) atoms. The molecule has 0 aliphatic heterocycles. The van der Waals surface area contributed by atoms with Crippen molar-refractivity contribution < 1.29 is 26.4 Å². The summed E-state index contributed by atoms with van der Waals surface area (Å²) in [6, 6.07) is 0. The topological polar surface area (TPSA) is 38.0 Å². The van der Waals surface area contributed by atoms with E-state index in [1.165, 1.54) is 0 Å². The van der Waals surface area contributed by atoms with E-state index in [4.69, 9.17) is 5.11 Å². The predicted octanol–water partition coefficient (Wildman–Crippen LogP) is -0.00628. The maximum atomic E-state index is 8.72. The van der Waals surface area contributed by atoms with Crippen LogP contribution in [0.1, 0.15) is 11.4 Å². The van der Waals surface area contributed by atoms with Gasteiger partial charge in [0.15, 0.2) is 0 Å². The van der Waals surface area contributed by atoms with Crippen molar-refractivity contribution in [2.45, 2.75) is 13.5 Å². The van der Waals surface area contributed by atoms with E-state index in [1.54, 1.807) is 9.30 Å². The minimum atomic E-state index is 0.0579. The molecule has 0 saturated carbocycles. The number of rotatable bonds is 1. The van der Waals surface area contributed by atoms with Gasteiger partial charge < -0.3 is 0 Å². The second-order valence-electron chi connectivity index (χ2n) is 1.71. The molecular formula is C5H7AuN2O. The zero-order chi connectivity index (χ0) is 6.85. The van der Waals surface area contributed by atoms with Crippen LogP contribution in [0.25, 0.3) is 0 Å². The van der Waals surface area contributed by atoms with Crippen LogP contribution in [0.15, 0.2) is 6.33 Å². The fraction of sp³-hybridized carbons (Fsp3) is 0.400. The van der Waals surface area contributed by atoms with Crippen molar-refractivity contribution >= 4 is 0 Å². The summed E-state index contributed by atoms with van der Waals surface area (Å²) >= 11 is 2.25. The number of aliphatic hydroxyl groups excluding tert-OH is 1. The average molecular weight is 308 g/mol. The van der Waals surface area contributed by atoms with Gasteiger partial charge in [-0.1, -0.05) is 0 Å². The molecular weight excluding hydrogens is 301 g/mol. The van der Waals surface area contributed by atoms with Gasteiger partial charge >= 0.3 is 65.6 Å². The van der Waals surface area contributed by atoms with Gasteiger partial charge in [0.25, 0.3) is 0 Å². The Morgan fingerprint density at radius 1 is 1.89 bits per heavy atom. The fourth-order valence-electron chi connectivity index (χ4n) is 0.596. The van der Waals surface area contributed by atoms with Crippen molar-refractivity contribution in [3.8, 4) is 0 Å². The Labute approximate surface area is 66.0 Å². The summed E-state index contributed by atoms with van der Waals surface area (Å²) in [6.45, 7) is 1.93. The number of imidazole rings is 1. The zero-order valence-corrected chi connectivity index (χ0v) is 7.09. The van der Waals surface area contributed by atoms with Crippen molar-refractivity contribution in [1.82, 2.24) is 7.95 Å². The maximum absolute atomic E-state index is 8.72. The van der Waals surface area contributed by atoms with E-state index >= 15 is 0 Å². The zero-order valence-electron chi connectivity index (χ0n) is 4.93. The number of hydrogen-bond donors (Lipinski definition) is 1. The molecule has 4 heteroatoms. The SMILES string of the molecule is Cc1nc[n]([Au])c1CO. The van der Waals surface area contributed by atoms with Gasteiger partial charge in [-0.05, 0) is 0 Å². The first-order valence-electron chi connectivity index (χ1n) is 2.52. The molecule has 1 aromatic rings. The first kappa shape index (κ1) is 7.02. The van der Waals surface area contributed by atoms with Gasteiger partial charge in [-0.2, -0.15) is 0 Å². The fourth-order valence-corrected chi connectivity index (χ4v) is 1.22. The molecule has 0 unspecified atom stereocenters. The number of aryl methyl sites for hydroxylation is 1. The van der Waals surface area contributed by atoms with E-state index in [0.717, 1.165) is 11.4 Å². The summed E-state index contributed by atoms with van der Waals surface area (Å²) in [7, 11) is 0. The first-order valence-corrected chi connectivity index (χ1v) is 3.49. The van der Waals surface area contributed by atoms with Gasteiger partial charge in [-0.3, -0.25) is 0 Å². The number of hydrogen-bond acceptors (Lipinski definition) is 2. The molecule has 54 valence electrons. The number of aromatic nitrogens is 2. The van der Waals surface area contributed by atoms with E-state index in [0.29, 0.717) is 0 Å². The molecule has 0 aromatic carbocycles. The summed E-state index contributed by atoms with van der Waals surface area (Å²) in [5, 5.41) is 8.72. The molecule has 1 N–H and O–H groups in total. The standard InChI is InChI=1S/C5H7N2O.Au/c1-4-5(2-8)7-3-6-4;/h3,8H,2H2,1H3;/q-1;+1. The third-order valence-electron chi connectivity index (χ3n) is 1.15. The molecule has 1 heterocycles. The number of nitrogens with zero attached hydrogens (tertiary/aromatic N) is 2. The van der Waals surface area contributed by atoms with Crippen LogP contribution in [-0.2, 0) is 27.9 Å². The van der Waals surface area contributed by atoms with Crippen molar-refractivity contribution in [3.63, 3.8) is 0 Å². The Hall–Kier alpha value is -0.0897. The third-order valence-corrected chi connectivity index (χ3v) is 1.98. The van der Waals surface area contributed by atoms with Crippen molar-refractivity contribution in [2.75, 3.05) is 0 Å². The summed E-state index contributed by atoms with van der Waals surface area (Å²) < 4.78 is 1.76. The van der Waals surface area contributed by atoms with E-state index in [2.05, 4.69) is 26.3 Å². The molecule has 0 radical (unpaired) electrons. The molecule has 0 aliphatic rings. The van der Waals surface area contributed by atoms with Gasteiger partial charge in [0, 0.05) is 0 Å². The van der Waals surface area contributed by atoms with E-state index in [-0.39, 0.29) is 6.61 Å². The molecule has 0 aliphatic carbocycles. The Kier molecular flexibility index (Phi) is 2.08. The van der Waals surface area contributed by atoms with Crippen LogP contribution in [-0.4, -0.2) is 13.1 Å². The van der Waals surface area contributed by atoms with E-state index in [1.807, 2.05) is 6.92 Å². The van der Waals surface area contributed by atoms with Crippen molar-refractivity contribution in [1.29, 1.82) is 0 Å². The third kappa shape index (κ3) is 1.24. The van der Waals surface area contributed by atoms with Crippen LogP contribution in [0.2, 0.25) is 0 Å². The van der Waals surface area contributed by atoms with Crippen LogP contribution in [0, 0.1) is 6.92 Å². The van der Waals surface area contributed by atoms with Gasteiger partial charge in [0.1, 0.15) is 0 Å². The molecule has 0 atom stereocenters. The summed E-state index contributed by atoms with van der Waals surface area (Å²) in [4.78, 5) is 3.98. The Morgan fingerprint density at radius 2 is 2.56 bits per heavy atom. The second kappa shape index (κ2) is 2.66. The monoisotopic (exact) mass is 308 g/mol. The Bertz CT molecular complexity index is 189. The quantitative estimate of drug-likeness (QED) is 0.741. The second-order valence-corrected chi connectivity index (χ2v) is 2.75. The van der Waals surface area contributed by atoms with Crippen LogP contribution in [0.3, 0.4) is 0 Å². The number of aliphatic hydroxyl groups is 1.